The van der Waals surface area contributed by atoms with Gasteiger partial charge in [-0.25, -0.2) is 0 Å². The summed E-state index contributed by atoms with van der Waals surface area (Å²) in [7, 11) is 2.10. The zero-order valence-corrected chi connectivity index (χ0v) is 29.4. The van der Waals surface area contributed by atoms with Crippen LogP contribution in [0, 0.1) is 5.92 Å². The van der Waals surface area contributed by atoms with Gasteiger partial charge in [0.2, 0.25) is 23.6 Å². The fourth-order valence-corrected chi connectivity index (χ4v) is 5.76. The number of nitrogens with two attached hydrogens (primary N) is 2. The van der Waals surface area contributed by atoms with E-state index >= 15 is 0 Å². The van der Waals surface area contributed by atoms with Crippen LogP contribution in [0.15, 0.2) is 85.1 Å². The molecule has 15 heteroatoms. The molecular weight excluding hydrogens is 692 g/mol. The van der Waals surface area contributed by atoms with Gasteiger partial charge in [-0.3, -0.25) is 28.8 Å². The molecule has 3 aromatic carbocycles. The van der Waals surface area contributed by atoms with Gasteiger partial charge in [0.25, 0.3) is 0 Å². The summed E-state index contributed by atoms with van der Waals surface area (Å²) in [5.74, 6) is -6.80. The van der Waals surface area contributed by atoms with Crippen LogP contribution in [0.1, 0.15) is 23.1 Å². The van der Waals surface area contributed by atoms with Crippen molar-refractivity contribution in [2.45, 2.75) is 49.9 Å². The van der Waals surface area contributed by atoms with E-state index in [4.69, 9.17) is 23.1 Å². The van der Waals surface area contributed by atoms with E-state index in [1.807, 2.05) is 24.3 Å². The van der Waals surface area contributed by atoms with Gasteiger partial charge in [-0.15, -0.1) is 0 Å². The summed E-state index contributed by atoms with van der Waals surface area (Å²) in [4.78, 5) is 81.6. The molecule has 0 saturated carbocycles. The second-order valence-corrected chi connectivity index (χ2v) is 12.5. The highest BCUT2D eigenvalue weighted by atomic mass is 35.5. The van der Waals surface area contributed by atoms with Crippen molar-refractivity contribution in [3.8, 4) is 0 Å². The standard InChI is InChI=1S/C37H41ClN6O8/c1-51-36(49)26(37(50)52-2)19-29(32(40)45)42-34(47)31(17-22-12-14-24(38)15-13-22)44-35(48)30(16-21-8-4-3-5-9-21)43-33(46)27(39)18-23-20-41-28-11-7-6-10-25(23)28/h3-15,20,26-27,29-31,41H,16-19,39H2,1-2H3,(H2,40,45)(H,42,47)(H,43,46)(H,44,48)/t27-,29+,30-,31+/m1/s1. The van der Waals surface area contributed by atoms with Gasteiger partial charge in [0.05, 0.1) is 20.3 Å². The maximum Gasteiger partial charge on any atom is 0.320 e. The van der Waals surface area contributed by atoms with Crippen LogP contribution in [0.2, 0.25) is 5.02 Å². The van der Waals surface area contributed by atoms with E-state index in [0.29, 0.717) is 10.6 Å². The summed E-state index contributed by atoms with van der Waals surface area (Å²) in [5.41, 5.74) is 14.9. The quantitative estimate of drug-likeness (QED) is 0.0682. The fraction of sp³-hybridized carbons (Fsp3) is 0.297. The lowest BCUT2D eigenvalue weighted by atomic mass is 9.98. The molecule has 0 radical (unpaired) electrons. The Labute approximate surface area is 304 Å². The van der Waals surface area contributed by atoms with Crippen LogP contribution in [-0.4, -0.2) is 78.9 Å². The maximum atomic E-state index is 14.0. The lowest BCUT2D eigenvalue weighted by Gasteiger charge is -2.26. The molecule has 0 bridgehead atoms. The summed E-state index contributed by atoms with van der Waals surface area (Å²) < 4.78 is 9.33. The number of benzene rings is 3. The molecule has 52 heavy (non-hydrogen) atoms. The third kappa shape index (κ3) is 10.6. The third-order valence-electron chi connectivity index (χ3n) is 8.46. The Bertz CT molecular complexity index is 1870. The zero-order valence-electron chi connectivity index (χ0n) is 28.6. The number of carbonyl (C=O) groups is 6. The molecule has 0 aliphatic rings. The van der Waals surface area contributed by atoms with Gasteiger partial charge < -0.3 is 41.9 Å². The largest absolute Gasteiger partial charge is 0.468 e. The van der Waals surface area contributed by atoms with E-state index in [1.54, 1.807) is 60.8 Å². The third-order valence-corrected chi connectivity index (χ3v) is 8.71. The highest BCUT2D eigenvalue weighted by Crippen LogP contribution is 2.19. The minimum absolute atomic E-state index is 0.0529. The number of hydrogen-bond donors (Lipinski definition) is 6. The number of hydrogen-bond acceptors (Lipinski definition) is 9. The van der Waals surface area contributed by atoms with Crippen LogP contribution in [0.25, 0.3) is 10.9 Å². The number of fused-ring (bicyclic) bond motifs is 1. The molecular formula is C37H41ClN6O8. The Kier molecular flexibility index (Phi) is 13.9. The molecule has 8 N–H and O–H groups in total. The highest BCUT2D eigenvalue weighted by Gasteiger charge is 2.36. The van der Waals surface area contributed by atoms with Crippen LogP contribution in [-0.2, 0) is 57.5 Å². The number of halogens is 1. The first-order chi connectivity index (χ1) is 24.9. The minimum atomic E-state index is -1.57. The van der Waals surface area contributed by atoms with Crippen LogP contribution in [0.4, 0.5) is 0 Å². The number of amides is 4. The van der Waals surface area contributed by atoms with Crippen molar-refractivity contribution in [3.05, 3.63) is 107 Å². The van der Waals surface area contributed by atoms with Crippen molar-refractivity contribution < 1.29 is 38.2 Å². The number of H-pyrrole nitrogens is 1. The van der Waals surface area contributed by atoms with Crippen LogP contribution in [0.3, 0.4) is 0 Å². The van der Waals surface area contributed by atoms with Crippen molar-refractivity contribution in [1.29, 1.82) is 0 Å². The first-order valence-electron chi connectivity index (χ1n) is 16.3. The van der Waals surface area contributed by atoms with Gasteiger partial charge in [0, 0.05) is 41.4 Å². The van der Waals surface area contributed by atoms with E-state index in [-0.39, 0.29) is 19.3 Å². The Hall–Kier alpha value is -5.73. The zero-order chi connectivity index (χ0) is 37.8. The molecule has 14 nitrogen and oxygen atoms in total. The number of rotatable bonds is 17. The van der Waals surface area contributed by atoms with Gasteiger partial charge >= 0.3 is 11.9 Å². The topological polar surface area (TPSA) is 225 Å². The number of aromatic nitrogens is 1. The second kappa shape index (κ2) is 18.5. The highest BCUT2D eigenvalue weighted by molar-refractivity contribution is 6.30. The monoisotopic (exact) mass is 732 g/mol. The summed E-state index contributed by atoms with van der Waals surface area (Å²) in [6.45, 7) is 0. The predicted octanol–water partition coefficient (Wildman–Crippen LogP) is 1.47. The number of aromatic amines is 1. The molecule has 0 aliphatic heterocycles. The summed E-state index contributed by atoms with van der Waals surface area (Å²) in [5, 5.41) is 9.26. The van der Waals surface area contributed by atoms with Gasteiger partial charge in [0.1, 0.15) is 18.1 Å². The van der Waals surface area contributed by atoms with Crippen LogP contribution < -0.4 is 27.4 Å². The van der Waals surface area contributed by atoms with E-state index in [1.165, 1.54) is 0 Å². The Balaban J connectivity index is 1.58. The molecule has 1 heterocycles. The number of primary amides is 1. The van der Waals surface area contributed by atoms with Gasteiger partial charge in [0.15, 0.2) is 5.92 Å². The normalized spacial score (nSPS) is 13.3. The summed E-state index contributed by atoms with van der Waals surface area (Å²) in [6.07, 6.45) is 1.37. The number of ether oxygens (including phenoxy) is 2. The number of esters is 2. The van der Waals surface area contributed by atoms with Crippen molar-refractivity contribution in [3.63, 3.8) is 0 Å². The van der Waals surface area contributed by atoms with Crippen LogP contribution >= 0.6 is 11.6 Å². The first-order valence-corrected chi connectivity index (χ1v) is 16.7. The molecule has 0 saturated heterocycles. The summed E-state index contributed by atoms with van der Waals surface area (Å²) in [6, 6.07) is 18.0. The molecule has 1 aromatic heterocycles. The van der Waals surface area contributed by atoms with Gasteiger partial charge in [-0.2, -0.15) is 0 Å². The molecule has 4 aromatic rings. The van der Waals surface area contributed by atoms with Crippen molar-refractivity contribution in [1.82, 2.24) is 20.9 Å². The maximum absolute atomic E-state index is 14.0. The lowest BCUT2D eigenvalue weighted by molar-refractivity contribution is -0.159. The number of methoxy groups -OCH3 is 2. The molecule has 0 unspecified atom stereocenters. The molecule has 4 atom stereocenters. The lowest BCUT2D eigenvalue weighted by Crippen LogP contribution is -2.59. The average molecular weight is 733 g/mol. The number of para-hydroxylation sites is 1. The summed E-state index contributed by atoms with van der Waals surface area (Å²) >= 11 is 6.06. The Morgan fingerprint density at radius 1 is 0.692 bits per heavy atom. The first kappa shape index (κ1) is 39.1. The van der Waals surface area contributed by atoms with Crippen LogP contribution in [0.5, 0.6) is 0 Å². The molecule has 4 rings (SSSR count). The minimum Gasteiger partial charge on any atom is -0.468 e. The van der Waals surface area contributed by atoms with Crippen molar-refractivity contribution >= 4 is 58.1 Å². The van der Waals surface area contributed by atoms with Crippen molar-refractivity contribution in [2.24, 2.45) is 17.4 Å². The van der Waals surface area contributed by atoms with Crippen molar-refractivity contribution in [2.75, 3.05) is 14.2 Å². The van der Waals surface area contributed by atoms with E-state index in [0.717, 1.165) is 36.2 Å². The Morgan fingerprint density at radius 2 is 1.21 bits per heavy atom. The van der Waals surface area contributed by atoms with E-state index in [9.17, 15) is 28.8 Å². The van der Waals surface area contributed by atoms with E-state index in [2.05, 4.69) is 30.4 Å². The average Bonchev–Trinajstić information content (AvgIpc) is 3.55. The molecule has 4 amide bonds. The van der Waals surface area contributed by atoms with Gasteiger partial charge in [-0.1, -0.05) is 72.3 Å². The SMILES string of the molecule is COC(=O)C(C[C@H](NC(=O)[C@H](Cc1ccc(Cl)cc1)NC(=O)[C@@H](Cc1ccccc1)NC(=O)[C@H](N)Cc1c[nH]c2ccccc12)C(N)=O)C(=O)OC. The number of nitrogens with one attached hydrogen (secondary N) is 4. The molecule has 0 spiro atoms. The van der Waals surface area contributed by atoms with E-state index < -0.39 is 72.1 Å². The molecule has 0 fully saturated rings. The predicted molar refractivity (Wildman–Crippen MR) is 192 cm³/mol. The number of carbonyl (C=O) groups excluding carboxylic acids is 6. The second-order valence-electron chi connectivity index (χ2n) is 12.1. The smallest absolute Gasteiger partial charge is 0.320 e. The fourth-order valence-electron chi connectivity index (χ4n) is 5.63. The Morgan fingerprint density at radius 3 is 1.79 bits per heavy atom. The molecule has 274 valence electrons. The van der Waals surface area contributed by atoms with Gasteiger partial charge in [-0.05, 0) is 41.3 Å². The molecule has 0 aliphatic carbocycles.